The fraction of sp³-hybridized carbons (Fsp3) is 0.333. The van der Waals surface area contributed by atoms with Gasteiger partial charge in [-0.3, -0.25) is 9.59 Å². The second-order valence-corrected chi connectivity index (χ2v) is 9.66. The van der Waals surface area contributed by atoms with Gasteiger partial charge in [0.15, 0.2) is 11.5 Å². The van der Waals surface area contributed by atoms with Crippen LogP contribution in [0.2, 0.25) is 5.02 Å². The van der Waals surface area contributed by atoms with Crippen molar-refractivity contribution in [2.75, 3.05) is 26.5 Å². The third-order valence-corrected chi connectivity index (χ3v) is 7.26. The molecule has 1 atom stereocenters. The molecule has 0 saturated carbocycles. The molecule has 0 bridgehead atoms. The predicted octanol–water partition coefficient (Wildman–Crippen LogP) is 1.24. The van der Waals surface area contributed by atoms with Crippen molar-refractivity contribution in [2.45, 2.75) is 24.1 Å². The summed E-state index contributed by atoms with van der Waals surface area (Å²) in [6, 6.07) is 11.0. The van der Waals surface area contributed by atoms with Crippen LogP contribution in [0.4, 0.5) is 0 Å². The monoisotopic (exact) mass is 495 g/mol. The molecule has 10 nitrogen and oxygen atoms in total. The Balaban J connectivity index is 1.33. The Hall–Kier alpha value is -2.86. The number of sulfonamides is 1. The second-order valence-electron chi connectivity index (χ2n) is 7.33. The van der Waals surface area contributed by atoms with Gasteiger partial charge in [0, 0.05) is 18.1 Å². The van der Waals surface area contributed by atoms with Crippen LogP contribution in [0, 0.1) is 0 Å². The fourth-order valence-electron chi connectivity index (χ4n) is 3.42. The van der Waals surface area contributed by atoms with Crippen molar-refractivity contribution in [3.63, 3.8) is 0 Å². The zero-order valence-electron chi connectivity index (χ0n) is 17.5. The highest BCUT2D eigenvalue weighted by atomic mass is 35.5. The summed E-state index contributed by atoms with van der Waals surface area (Å²) >= 11 is 5.85. The number of ether oxygens (including phenoxy) is 3. The molecule has 2 aliphatic rings. The molecule has 1 saturated heterocycles. The van der Waals surface area contributed by atoms with Gasteiger partial charge in [-0.25, -0.2) is 8.42 Å². The highest BCUT2D eigenvalue weighted by Crippen LogP contribution is 2.32. The number of hydrogen-bond acceptors (Lipinski definition) is 7. The van der Waals surface area contributed by atoms with E-state index < -0.39 is 28.1 Å². The van der Waals surface area contributed by atoms with E-state index in [0.29, 0.717) is 29.5 Å². The Morgan fingerprint density at radius 1 is 1.03 bits per heavy atom. The summed E-state index contributed by atoms with van der Waals surface area (Å²) in [5.74, 6) is -0.555. The van der Waals surface area contributed by atoms with Gasteiger partial charge in [-0.15, -0.1) is 0 Å². The molecule has 2 aliphatic heterocycles. The summed E-state index contributed by atoms with van der Waals surface area (Å²) in [4.78, 5) is 24.5. The Morgan fingerprint density at radius 3 is 2.55 bits per heavy atom. The van der Waals surface area contributed by atoms with E-state index >= 15 is 0 Å². The normalized spacial score (nSPS) is 18.0. The third-order valence-electron chi connectivity index (χ3n) is 5.11. The fourth-order valence-corrected chi connectivity index (χ4v) is 5.11. The molecule has 2 aromatic carbocycles. The number of rotatable bonds is 6. The number of fused-ring (bicyclic) bond motifs is 1. The molecule has 1 fully saturated rings. The smallest absolute Gasteiger partial charge is 0.309 e. The zero-order valence-corrected chi connectivity index (χ0v) is 19.0. The van der Waals surface area contributed by atoms with E-state index in [1.165, 1.54) is 28.6 Å². The van der Waals surface area contributed by atoms with E-state index in [0.717, 1.165) is 5.56 Å². The van der Waals surface area contributed by atoms with Crippen molar-refractivity contribution >= 4 is 33.4 Å². The van der Waals surface area contributed by atoms with Crippen molar-refractivity contribution in [1.29, 1.82) is 0 Å². The molecule has 2 heterocycles. The minimum atomic E-state index is -3.87. The van der Waals surface area contributed by atoms with E-state index in [1.807, 2.05) is 0 Å². The Bertz CT molecular complexity index is 1140. The lowest BCUT2D eigenvalue weighted by Crippen LogP contribution is -2.53. The molecule has 0 aliphatic carbocycles. The Kier molecular flexibility index (Phi) is 7.03. The quantitative estimate of drug-likeness (QED) is 0.578. The SMILES string of the molecule is O=C(NCc1ccc2c(c1)OCO2)C(=O)NCC1OCCCN1S(=O)(=O)c1ccc(Cl)cc1. The van der Waals surface area contributed by atoms with Gasteiger partial charge in [0.05, 0.1) is 18.0 Å². The number of amides is 2. The average molecular weight is 496 g/mol. The maximum absolute atomic E-state index is 13.0. The van der Waals surface area contributed by atoms with Crippen LogP contribution in [0.1, 0.15) is 12.0 Å². The summed E-state index contributed by atoms with van der Waals surface area (Å²) in [7, 11) is -3.87. The standard InChI is InChI=1S/C21H22ClN3O7S/c22-15-3-5-16(6-4-15)33(28,29)25-8-1-9-30-19(25)12-24-21(27)20(26)23-11-14-2-7-17-18(10-14)32-13-31-17/h2-7,10,19H,1,8-9,11-13H2,(H,23,26)(H,24,27). The molecular weight excluding hydrogens is 474 g/mol. The number of halogens is 1. The lowest BCUT2D eigenvalue weighted by molar-refractivity contribution is -0.140. The van der Waals surface area contributed by atoms with E-state index in [2.05, 4.69) is 10.6 Å². The molecule has 4 rings (SSSR count). The third kappa shape index (κ3) is 5.38. The number of hydrogen-bond donors (Lipinski definition) is 2. The lowest BCUT2D eigenvalue weighted by Gasteiger charge is -2.34. The first-order valence-corrected chi connectivity index (χ1v) is 12.0. The predicted molar refractivity (Wildman–Crippen MR) is 117 cm³/mol. The van der Waals surface area contributed by atoms with Gasteiger partial charge >= 0.3 is 11.8 Å². The molecule has 33 heavy (non-hydrogen) atoms. The molecular formula is C21H22ClN3O7S. The largest absolute Gasteiger partial charge is 0.454 e. The summed E-state index contributed by atoms with van der Waals surface area (Å²) in [5.41, 5.74) is 0.733. The van der Waals surface area contributed by atoms with Crippen LogP contribution >= 0.6 is 11.6 Å². The molecule has 2 N–H and O–H groups in total. The van der Waals surface area contributed by atoms with Gasteiger partial charge in [-0.05, 0) is 48.4 Å². The van der Waals surface area contributed by atoms with E-state index in [-0.39, 0.29) is 31.3 Å². The van der Waals surface area contributed by atoms with E-state index in [4.69, 9.17) is 25.8 Å². The maximum Gasteiger partial charge on any atom is 0.309 e. The highest BCUT2D eigenvalue weighted by Gasteiger charge is 2.35. The minimum Gasteiger partial charge on any atom is -0.454 e. The molecule has 1 unspecified atom stereocenters. The number of carbonyl (C=O) groups is 2. The van der Waals surface area contributed by atoms with Gasteiger partial charge < -0.3 is 24.8 Å². The van der Waals surface area contributed by atoms with Crippen LogP contribution in [-0.4, -0.2) is 57.3 Å². The van der Waals surface area contributed by atoms with E-state index in [9.17, 15) is 18.0 Å². The van der Waals surface area contributed by atoms with Crippen LogP contribution in [-0.2, 0) is 30.9 Å². The van der Waals surface area contributed by atoms with Gasteiger partial charge in [0.1, 0.15) is 6.23 Å². The van der Waals surface area contributed by atoms with Gasteiger partial charge in [-0.2, -0.15) is 4.31 Å². The van der Waals surface area contributed by atoms with E-state index in [1.54, 1.807) is 18.2 Å². The molecule has 2 amide bonds. The molecule has 0 radical (unpaired) electrons. The first-order chi connectivity index (χ1) is 15.8. The average Bonchev–Trinajstić information content (AvgIpc) is 3.29. The molecule has 176 valence electrons. The van der Waals surface area contributed by atoms with Crippen molar-refractivity contribution in [2.24, 2.45) is 0 Å². The van der Waals surface area contributed by atoms with Crippen LogP contribution in [0.25, 0.3) is 0 Å². The molecule has 12 heteroatoms. The van der Waals surface area contributed by atoms with Crippen molar-refractivity contribution in [1.82, 2.24) is 14.9 Å². The topological polar surface area (TPSA) is 123 Å². The highest BCUT2D eigenvalue weighted by molar-refractivity contribution is 7.89. The van der Waals surface area contributed by atoms with Crippen LogP contribution < -0.4 is 20.1 Å². The Morgan fingerprint density at radius 2 is 1.76 bits per heavy atom. The maximum atomic E-state index is 13.0. The second kappa shape index (κ2) is 9.96. The summed E-state index contributed by atoms with van der Waals surface area (Å²) < 4.78 is 43.3. The van der Waals surface area contributed by atoms with Crippen LogP contribution in [0.5, 0.6) is 11.5 Å². The zero-order chi connectivity index (χ0) is 23.4. The van der Waals surface area contributed by atoms with Gasteiger partial charge in [0.25, 0.3) is 0 Å². The summed E-state index contributed by atoms with van der Waals surface area (Å²) in [6.45, 7) is 0.635. The van der Waals surface area contributed by atoms with Crippen molar-refractivity contribution < 1.29 is 32.2 Å². The van der Waals surface area contributed by atoms with Gasteiger partial charge in [0.2, 0.25) is 16.8 Å². The summed E-state index contributed by atoms with van der Waals surface area (Å²) in [5, 5.41) is 5.38. The number of nitrogens with zero attached hydrogens (tertiary/aromatic N) is 1. The number of nitrogens with one attached hydrogen (secondary N) is 2. The minimum absolute atomic E-state index is 0.0650. The Labute approximate surface area is 195 Å². The number of benzene rings is 2. The number of carbonyl (C=O) groups excluding carboxylic acids is 2. The molecule has 0 aromatic heterocycles. The lowest BCUT2D eigenvalue weighted by atomic mass is 10.2. The first kappa shape index (κ1) is 23.3. The molecule has 2 aromatic rings. The van der Waals surface area contributed by atoms with Crippen LogP contribution in [0.15, 0.2) is 47.4 Å². The molecule has 0 spiro atoms. The van der Waals surface area contributed by atoms with Crippen molar-refractivity contribution in [3.8, 4) is 11.5 Å². The van der Waals surface area contributed by atoms with Crippen molar-refractivity contribution in [3.05, 3.63) is 53.1 Å². The van der Waals surface area contributed by atoms with Gasteiger partial charge in [-0.1, -0.05) is 17.7 Å². The van der Waals surface area contributed by atoms with Crippen LogP contribution in [0.3, 0.4) is 0 Å². The first-order valence-electron chi connectivity index (χ1n) is 10.2. The summed E-state index contributed by atoms with van der Waals surface area (Å²) in [6.07, 6.45) is -0.433.